The second kappa shape index (κ2) is 6.29. The number of nitrogens with one attached hydrogen (secondary N) is 1. The lowest BCUT2D eigenvalue weighted by Gasteiger charge is -2.10. The average molecular weight is 370 g/mol. The van der Waals surface area contributed by atoms with Crippen molar-refractivity contribution in [3.8, 4) is 11.4 Å². The predicted octanol–water partition coefficient (Wildman–Crippen LogP) is 3.53. The molecule has 0 aliphatic rings. The van der Waals surface area contributed by atoms with E-state index in [0.717, 1.165) is 16.7 Å². The number of aromatic nitrogens is 3. The molecule has 0 unspecified atom stereocenters. The zero-order chi connectivity index (χ0) is 18.2. The summed E-state index contributed by atoms with van der Waals surface area (Å²) in [6.07, 6.45) is -4.33. The lowest BCUT2D eigenvalue weighted by Crippen LogP contribution is -2.17. The zero-order valence-electron chi connectivity index (χ0n) is 12.5. The van der Waals surface area contributed by atoms with Crippen molar-refractivity contribution in [3.63, 3.8) is 0 Å². The molecule has 25 heavy (non-hydrogen) atoms. The van der Waals surface area contributed by atoms with Gasteiger partial charge in [0.15, 0.2) is 0 Å². The van der Waals surface area contributed by atoms with Crippen LogP contribution in [0.3, 0.4) is 0 Å². The van der Waals surface area contributed by atoms with E-state index in [0.29, 0.717) is 10.6 Å². The summed E-state index contributed by atoms with van der Waals surface area (Å²) in [5.74, 6) is 0.0453. The molecule has 2 aromatic carbocycles. The van der Waals surface area contributed by atoms with E-state index in [1.807, 2.05) is 0 Å². The van der Waals surface area contributed by atoms with Gasteiger partial charge in [-0.05, 0) is 35.9 Å². The average Bonchev–Trinajstić information content (AvgIpc) is 2.90. The first kappa shape index (κ1) is 17.1. The Labute approximate surface area is 144 Å². The molecule has 0 fully saturated rings. The summed E-state index contributed by atoms with van der Waals surface area (Å²) in [6.45, 7) is 0. The van der Waals surface area contributed by atoms with Crippen LogP contribution in [0.2, 0.25) is 5.02 Å². The van der Waals surface area contributed by atoms with Crippen molar-refractivity contribution in [1.82, 2.24) is 14.8 Å². The first-order chi connectivity index (χ1) is 11.8. The summed E-state index contributed by atoms with van der Waals surface area (Å²) in [5.41, 5.74) is -0.703. The van der Waals surface area contributed by atoms with Crippen LogP contribution in [-0.4, -0.2) is 19.9 Å². The lowest BCUT2D eigenvalue weighted by atomic mass is 10.1. The van der Waals surface area contributed by atoms with Gasteiger partial charge in [0.25, 0.3) is 0 Å². The molecule has 0 amide bonds. The standard InChI is InChI=1S/C16H11ClF3N3O2/c17-11-5-6-13(24)12(8-11)23-14(21-22-15(23)25)7-9-1-3-10(4-2-9)16(18,19)20/h1-6,8,24H,7H2,(H,22,25). The molecule has 0 aliphatic carbocycles. The summed E-state index contributed by atoms with van der Waals surface area (Å²) in [5, 5.41) is 16.4. The topological polar surface area (TPSA) is 70.9 Å². The van der Waals surface area contributed by atoms with Gasteiger partial charge >= 0.3 is 11.9 Å². The fourth-order valence-electron chi connectivity index (χ4n) is 2.37. The maximum atomic E-state index is 12.6. The number of phenols is 1. The van der Waals surface area contributed by atoms with Crippen LogP contribution >= 0.6 is 11.6 Å². The van der Waals surface area contributed by atoms with E-state index in [1.165, 1.54) is 30.3 Å². The van der Waals surface area contributed by atoms with E-state index in [9.17, 15) is 23.1 Å². The zero-order valence-corrected chi connectivity index (χ0v) is 13.3. The van der Waals surface area contributed by atoms with Crippen LogP contribution in [0.15, 0.2) is 47.3 Å². The van der Waals surface area contributed by atoms with E-state index in [4.69, 9.17) is 11.6 Å². The molecule has 3 aromatic rings. The van der Waals surface area contributed by atoms with Crippen LogP contribution in [0.1, 0.15) is 17.0 Å². The highest BCUT2D eigenvalue weighted by Crippen LogP contribution is 2.29. The number of benzene rings is 2. The molecular formula is C16H11ClF3N3O2. The molecule has 130 valence electrons. The van der Waals surface area contributed by atoms with E-state index in [1.54, 1.807) is 0 Å². The Kier molecular flexibility index (Phi) is 4.30. The van der Waals surface area contributed by atoms with Gasteiger partial charge in [-0.15, -0.1) is 0 Å². The number of nitrogens with zero attached hydrogens (tertiary/aromatic N) is 2. The third kappa shape index (κ3) is 3.53. The van der Waals surface area contributed by atoms with Gasteiger partial charge < -0.3 is 5.11 Å². The fourth-order valence-corrected chi connectivity index (χ4v) is 2.53. The highest BCUT2D eigenvalue weighted by Gasteiger charge is 2.30. The van der Waals surface area contributed by atoms with Gasteiger partial charge in [-0.1, -0.05) is 23.7 Å². The van der Waals surface area contributed by atoms with Crippen molar-refractivity contribution in [2.24, 2.45) is 0 Å². The van der Waals surface area contributed by atoms with Crippen molar-refractivity contribution >= 4 is 11.6 Å². The largest absolute Gasteiger partial charge is 0.506 e. The number of hydrogen-bond acceptors (Lipinski definition) is 3. The highest BCUT2D eigenvalue weighted by atomic mass is 35.5. The Hall–Kier alpha value is -2.74. The molecule has 0 saturated carbocycles. The van der Waals surface area contributed by atoms with Crippen LogP contribution in [-0.2, 0) is 12.6 Å². The van der Waals surface area contributed by atoms with Crippen molar-refractivity contribution in [2.45, 2.75) is 12.6 Å². The van der Waals surface area contributed by atoms with Crippen molar-refractivity contribution in [2.75, 3.05) is 0 Å². The number of hydrogen-bond donors (Lipinski definition) is 2. The van der Waals surface area contributed by atoms with Crippen LogP contribution < -0.4 is 5.69 Å². The Balaban J connectivity index is 1.98. The smallest absolute Gasteiger partial charge is 0.416 e. The Morgan fingerprint density at radius 3 is 2.48 bits per heavy atom. The minimum absolute atomic E-state index is 0.0861. The van der Waals surface area contributed by atoms with E-state index in [2.05, 4.69) is 10.2 Å². The molecule has 1 heterocycles. The monoisotopic (exact) mass is 369 g/mol. The minimum Gasteiger partial charge on any atom is -0.506 e. The number of H-pyrrole nitrogens is 1. The summed E-state index contributed by atoms with van der Waals surface area (Å²) in [4.78, 5) is 12.0. The minimum atomic E-state index is -4.42. The van der Waals surface area contributed by atoms with Crippen molar-refractivity contribution in [3.05, 3.63) is 74.9 Å². The molecule has 0 spiro atoms. The molecule has 5 nitrogen and oxygen atoms in total. The Morgan fingerprint density at radius 2 is 1.84 bits per heavy atom. The molecule has 0 atom stereocenters. The van der Waals surface area contributed by atoms with Gasteiger partial charge in [0.1, 0.15) is 11.6 Å². The number of aromatic amines is 1. The van der Waals surface area contributed by atoms with Crippen molar-refractivity contribution in [1.29, 1.82) is 0 Å². The summed E-state index contributed by atoms with van der Waals surface area (Å²) < 4.78 is 39.0. The molecule has 0 aliphatic heterocycles. The van der Waals surface area contributed by atoms with E-state index < -0.39 is 17.4 Å². The third-order valence-electron chi connectivity index (χ3n) is 3.56. The molecule has 0 radical (unpaired) electrons. The summed E-state index contributed by atoms with van der Waals surface area (Å²) in [6, 6.07) is 8.72. The first-order valence-electron chi connectivity index (χ1n) is 7.07. The molecule has 0 saturated heterocycles. The third-order valence-corrected chi connectivity index (χ3v) is 3.80. The SMILES string of the molecule is O=c1[nH]nc(Cc2ccc(C(F)(F)F)cc2)n1-c1cc(Cl)ccc1O. The number of aromatic hydroxyl groups is 1. The fraction of sp³-hybridized carbons (Fsp3) is 0.125. The molecular weight excluding hydrogens is 359 g/mol. The van der Waals surface area contributed by atoms with Gasteiger partial charge in [0.2, 0.25) is 0 Å². The predicted molar refractivity (Wildman–Crippen MR) is 85.1 cm³/mol. The highest BCUT2D eigenvalue weighted by molar-refractivity contribution is 6.30. The van der Waals surface area contributed by atoms with E-state index >= 15 is 0 Å². The molecule has 2 N–H and O–H groups in total. The van der Waals surface area contributed by atoms with Gasteiger partial charge in [0, 0.05) is 11.4 Å². The number of alkyl halides is 3. The Bertz CT molecular complexity index is 962. The normalized spacial score (nSPS) is 11.7. The maximum Gasteiger partial charge on any atom is 0.416 e. The second-order valence-corrected chi connectivity index (χ2v) is 5.72. The van der Waals surface area contributed by atoms with E-state index in [-0.39, 0.29) is 23.7 Å². The van der Waals surface area contributed by atoms with Gasteiger partial charge in [-0.3, -0.25) is 0 Å². The van der Waals surface area contributed by atoms with Crippen LogP contribution in [0.25, 0.3) is 5.69 Å². The molecule has 0 bridgehead atoms. The van der Waals surface area contributed by atoms with Crippen LogP contribution in [0.4, 0.5) is 13.2 Å². The van der Waals surface area contributed by atoms with Crippen molar-refractivity contribution < 1.29 is 18.3 Å². The van der Waals surface area contributed by atoms with Gasteiger partial charge in [0.05, 0.1) is 11.3 Å². The van der Waals surface area contributed by atoms with Gasteiger partial charge in [-0.2, -0.15) is 18.3 Å². The number of rotatable bonds is 3. The first-order valence-corrected chi connectivity index (χ1v) is 7.45. The Morgan fingerprint density at radius 1 is 1.16 bits per heavy atom. The summed E-state index contributed by atoms with van der Waals surface area (Å²) >= 11 is 5.90. The van der Waals surface area contributed by atoms with Gasteiger partial charge in [-0.25, -0.2) is 14.5 Å². The van der Waals surface area contributed by atoms with Crippen LogP contribution in [0, 0.1) is 0 Å². The maximum absolute atomic E-state index is 12.6. The quantitative estimate of drug-likeness (QED) is 0.742. The molecule has 9 heteroatoms. The number of phenolic OH excluding ortho intramolecular Hbond substituents is 1. The van der Waals surface area contributed by atoms with Crippen LogP contribution in [0.5, 0.6) is 5.75 Å². The lowest BCUT2D eigenvalue weighted by molar-refractivity contribution is -0.137. The number of halogens is 4. The second-order valence-electron chi connectivity index (χ2n) is 5.28. The summed E-state index contributed by atoms with van der Waals surface area (Å²) in [7, 11) is 0. The molecule has 1 aromatic heterocycles. The molecule has 3 rings (SSSR count).